The van der Waals surface area contributed by atoms with Gasteiger partial charge in [-0.25, -0.2) is 4.98 Å². The van der Waals surface area contributed by atoms with Gasteiger partial charge in [0, 0.05) is 24.1 Å². The molecule has 0 aliphatic carbocycles. The number of carbonyl (C=O) groups is 1. The van der Waals surface area contributed by atoms with Crippen LogP contribution in [0.4, 0.5) is 0 Å². The van der Waals surface area contributed by atoms with E-state index in [0.717, 1.165) is 23.4 Å². The van der Waals surface area contributed by atoms with Gasteiger partial charge in [0.15, 0.2) is 0 Å². The normalized spacial score (nSPS) is 10.8. The number of nitrogens with one attached hydrogen (secondary N) is 1. The second-order valence-corrected chi connectivity index (χ2v) is 7.41. The summed E-state index contributed by atoms with van der Waals surface area (Å²) in [5, 5.41) is 7.69. The third-order valence-corrected chi connectivity index (χ3v) is 5.36. The first-order valence-electron chi connectivity index (χ1n) is 8.88. The summed E-state index contributed by atoms with van der Waals surface area (Å²) < 4.78 is 5.20. The average molecular weight is 382 g/mol. The third kappa shape index (κ3) is 4.98. The number of hydrogen-bond acceptors (Lipinski definition) is 5. The van der Waals surface area contributed by atoms with E-state index in [1.807, 2.05) is 26.0 Å². The van der Waals surface area contributed by atoms with Crippen molar-refractivity contribution >= 4 is 17.7 Å². The number of pyridine rings is 1. The van der Waals surface area contributed by atoms with Crippen LogP contribution < -0.4 is 5.32 Å². The second kappa shape index (κ2) is 8.86. The quantitative estimate of drug-likeness (QED) is 0.619. The lowest BCUT2D eigenvalue weighted by Crippen LogP contribution is -2.26. The Balaban J connectivity index is 1.61. The van der Waals surface area contributed by atoms with E-state index < -0.39 is 0 Å². The zero-order valence-corrected chi connectivity index (χ0v) is 16.6. The molecular formula is C21H23N3O2S. The van der Waals surface area contributed by atoms with E-state index in [-0.39, 0.29) is 5.91 Å². The van der Waals surface area contributed by atoms with E-state index in [1.54, 1.807) is 12.3 Å². The standard InChI is InChI=1S/C21H23N3O2S/c1-14-6-4-7-17(12-14)9-11-22-20(25)18-8-5-10-23-21(18)27-13-19-15(2)24-26-16(19)3/h4-8,10,12H,9,11,13H2,1-3H3,(H,22,25). The highest BCUT2D eigenvalue weighted by Crippen LogP contribution is 2.27. The van der Waals surface area contributed by atoms with Crippen molar-refractivity contribution in [3.8, 4) is 0 Å². The number of rotatable bonds is 7. The SMILES string of the molecule is Cc1cccc(CCNC(=O)c2cccnc2SCc2c(C)noc2C)c1. The summed E-state index contributed by atoms with van der Waals surface area (Å²) in [6.07, 6.45) is 2.51. The molecule has 0 spiro atoms. The van der Waals surface area contributed by atoms with Gasteiger partial charge in [-0.2, -0.15) is 0 Å². The minimum atomic E-state index is -0.1000. The second-order valence-electron chi connectivity index (χ2n) is 6.44. The van der Waals surface area contributed by atoms with Crippen molar-refractivity contribution in [3.05, 3.63) is 76.3 Å². The molecule has 27 heavy (non-hydrogen) atoms. The van der Waals surface area contributed by atoms with E-state index in [4.69, 9.17) is 4.52 Å². The molecule has 1 aromatic carbocycles. The highest BCUT2D eigenvalue weighted by Gasteiger charge is 2.15. The van der Waals surface area contributed by atoms with Crippen molar-refractivity contribution in [2.24, 2.45) is 0 Å². The molecule has 1 N–H and O–H groups in total. The molecule has 0 saturated carbocycles. The largest absolute Gasteiger partial charge is 0.361 e. The number of nitrogens with zero attached hydrogens (tertiary/aromatic N) is 2. The van der Waals surface area contributed by atoms with Crippen LogP contribution in [0.5, 0.6) is 0 Å². The number of aryl methyl sites for hydroxylation is 3. The molecule has 0 aliphatic heterocycles. The summed E-state index contributed by atoms with van der Waals surface area (Å²) in [4.78, 5) is 17.0. The molecule has 0 unspecified atom stereocenters. The minimum absolute atomic E-state index is 0.1000. The smallest absolute Gasteiger partial charge is 0.254 e. The summed E-state index contributed by atoms with van der Waals surface area (Å²) >= 11 is 1.52. The fourth-order valence-corrected chi connectivity index (χ4v) is 3.96. The molecule has 0 fully saturated rings. The van der Waals surface area contributed by atoms with E-state index in [2.05, 4.69) is 40.6 Å². The van der Waals surface area contributed by atoms with Crippen LogP contribution in [-0.2, 0) is 12.2 Å². The van der Waals surface area contributed by atoms with Crippen molar-refractivity contribution in [1.82, 2.24) is 15.5 Å². The molecule has 0 atom stereocenters. The van der Waals surface area contributed by atoms with Crippen LogP contribution in [0.25, 0.3) is 0 Å². The Labute approximate surface area is 163 Å². The van der Waals surface area contributed by atoms with Gasteiger partial charge in [-0.05, 0) is 44.9 Å². The molecular weight excluding hydrogens is 358 g/mol. The topological polar surface area (TPSA) is 68.0 Å². The van der Waals surface area contributed by atoms with E-state index in [0.29, 0.717) is 22.9 Å². The lowest BCUT2D eigenvalue weighted by molar-refractivity contribution is 0.0950. The number of aromatic nitrogens is 2. The molecule has 0 saturated heterocycles. The highest BCUT2D eigenvalue weighted by atomic mass is 32.2. The van der Waals surface area contributed by atoms with Gasteiger partial charge in [0.2, 0.25) is 0 Å². The lowest BCUT2D eigenvalue weighted by Gasteiger charge is -2.09. The molecule has 3 rings (SSSR count). The molecule has 2 aromatic heterocycles. The van der Waals surface area contributed by atoms with Crippen LogP contribution >= 0.6 is 11.8 Å². The highest BCUT2D eigenvalue weighted by molar-refractivity contribution is 7.98. The maximum absolute atomic E-state index is 12.6. The predicted octanol–water partition coefficient (Wildman–Crippen LogP) is 4.26. The molecule has 3 aromatic rings. The van der Waals surface area contributed by atoms with Crippen LogP contribution in [0.15, 0.2) is 52.1 Å². The molecule has 2 heterocycles. The number of amides is 1. The first-order valence-corrected chi connectivity index (χ1v) is 9.86. The summed E-state index contributed by atoms with van der Waals surface area (Å²) in [6, 6.07) is 11.9. The van der Waals surface area contributed by atoms with Crippen LogP contribution in [-0.4, -0.2) is 22.6 Å². The number of benzene rings is 1. The molecule has 140 valence electrons. The van der Waals surface area contributed by atoms with Crippen molar-refractivity contribution in [2.75, 3.05) is 6.54 Å². The first kappa shape index (κ1) is 19.2. The van der Waals surface area contributed by atoms with E-state index in [9.17, 15) is 4.79 Å². The summed E-state index contributed by atoms with van der Waals surface area (Å²) in [7, 11) is 0. The predicted molar refractivity (Wildman–Crippen MR) is 107 cm³/mol. The Morgan fingerprint density at radius 2 is 2.04 bits per heavy atom. The Morgan fingerprint density at radius 1 is 1.19 bits per heavy atom. The zero-order chi connectivity index (χ0) is 19.2. The van der Waals surface area contributed by atoms with Gasteiger partial charge in [-0.1, -0.05) is 35.0 Å². The van der Waals surface area contributed by atoms with Crippen LogP contribution in [0, 0.1) is 20.8 Å². The van der Waals surface area contributed by atoms with E-state index in [1.165, 1.54) is 22.9 Å². The number of thioether (sulfide) groups is 1. The molecule has 0 radical (unpaired) electrons. The van der Waals surface area contributed by atoms with Gasteiger partial charge in [-0.15, -0.1) is 11.8 Å². The third-order valence-electron chi connectivity index (χ3n) is 4.33. The average Bonchev–Trinajstić information content (AvgIpc) is 2.98. The van der Waals surface area contributed by atoms with Crippen molar-refractivity contribution in [2.45, 2.75) is 38.0 Å². The molecule has 0 bridgehead atoms. The maximum atomic E-state index is 12.6. The van der Waals surface area contributed by atoms with Crippen LogP contribution in [0.2, 0.25) is 0 Å². The van der Waals surface area contributed by atoms with Gasteiger partial charge >= 0.3 is 0 Å². The van der Waals surface area contributed by atoms with Crippen LogP contribution in [0.3, 0.4) is 0 Å². The van der Waals surface area contributed by atoms with Gasteiger partial charge in [0.25, 0.3) is 5.91 Å². The van der Waals surface area contributed by atoms with Crippen molar-refractivity contribution in [1.29, 1.82) is 0 Å². The van der Waals surface area contributed by atoms with Gasteiger partial charge < -0.3 is 9.84 Å². The Hall–Kier alpha value is -2.60. The van der Waals surface area contributed by atoms with Crippen LogP contribution in [0.1, 0.15) is 38.5 Å². The number of hydrogen-bond donors (Lipinski definition) is 1. The van der Waals surface area contributed by atoms with Gasteiger partial charge in [0.1, 0.15) is 10.8 Å². The Bertz CT molecular complexity index is 917. The van der Waals surface area contributed by atoms with Crippen molar-refractivity contribution < 1.29 is 9.32 Å². The Kier molecular flexibility index (Phi) is 6.29. The fraction of sp³-hybridized carbons (Fsp3) is 0.286. The molecule has 0 aliphatic rings. The molecule has 1 amide bonds. The summed E-state index contributed by atoms with van der Waals surface area (Å²) in [5.41, 5.74) is 4.97. The lowest BCUT2D eigenvalue weighted by atomic mass is 10.1. The molecule has 6 heteroatoms. The first-order chi connectivity index (χ1) is 13.0. The van der Waals surface area contributed by atoms with E-state index >= 15 is 0 Å². The van der Waals surface area contributed by atoms with Gasteiger partial charge in [0.05, 0.1) is 11.3 Å². The summed E-state index contributed by atoms with van der Waals surface area (Å²) in [6.45, 7) is 6.47. The van der Waals surface area contributed by atoms with Crippen molar-refractivity contribution in [3.63, 3.8) is 0 Å². The fourth-order valence-electron chi connectivity index (χ4n) is 2.81. The minimum Gasteiger partial charge on any atom is -0.361 e. The molecule has 5 nitrogen and oxygen atoms in total. The number of carbonyl (C=O) groups excluding carboxylic acids is 1. The maximum Gasteiger partial charge on any atom is 0.254 e. The Morgan fingerprint density at radius 3 is 2.78 bits per heavy atom. The van der Waals surface area contributed by atoms with Gasteiger partial charge in [-0.3, -0.25) is 4.79 Å². The summed E-state index contributed by atoms with van der Waals surface area (Å²) in [5.74, 6) is 1.37. The monoisotopic (exact) mass is 381 g/mol. The zero-order valence-electron chi connectivity index (χ0n) is 15.8.